The van der Waals surface area contributed by atoms with Crippen LogP contribution in [-0.2, 0) is 21.2 Å². The van der Waals surface area contributed by atoms with Crippen LogP contribution < -0.4 is 9.46 Å². The molecular weight excluding hydrogens is 314 g/mol. The third-order valence-corrected chi connectivity index (χ3v) is 5.05. The average Bonchev–Trinajstić information content (AvgIpc) is 3.37. The molecule has 1 atom stereocenters. The molecule has 0 spiro atoms. The molecule has 1 aliphatic rings. The lowest BCUT2D eigenvalue weighted by Crippen LogP contribution is -2.16. The van der Waals surface area contributed by atoms with E-state index in [1.165, 1.54) is 0 Å². The van der Waals surface area contributed by atoms with Crippen molar-refractivity contribution >= 4 is 15.7 Å². The van der Waals surface area contributed by atoms with Crippen LogP contribution in [0.25, 0.3) is 0 Å². The Labute approximate surface area is 136 Å². The predicted molar refractivity (Wildman–Crippen MR) is 88.3 cm³/mol. The number of nitrogens with one attached hydrogen (secondary N) is 1. The number of ether oxygens (including phenoxy) is 2. The Morgan fingerprint density at radius 2 is 1.91 bits per heavy atom. The van der Waals surface area contributed by atoms with Crippen LogP contribution in [0.4, 0.5) is 5.69 Å². The first-order valence-electron chi connectivity index (χ1n) is 7.54. The molecule has 1 heterocycles. The SMILES string of the molecule is CCc1c(OCC2CO2)cccc1S(=O)(=O)Nc1ccccc1. The van der Waals surface area contributed by atoms with Crippen molar-refractivity contribution in [3.63, 3.8) is 0 Å². The fourth-order valence-electron chi connectivity index (χ4n) is 2.34. The zero-order valence-electron chi connectivity index (χ0n) is 12.9. The summed E-state index contributed by atoms with van der Waals surface area (Å²) in [4.78, 5) is 0.248. The van der Waals surface area contributed by atoms with Crippen molar-refractivity contribution in [3.05, 3.63) is 54.1 Å². The van der Waals surface area contributed by atoms with Gasteiger partial charge in [0.25, 0.3) is 10.0 Å². The molecule has 1 N–H and O–H groups in total. The van der Waals surface area contributed by atoms with E-state index in [9.17, 15) is 8.42 Å². The van der Waals surface area contributed by atoms with Crippen LogP contribution in [0, 0.1) is 0 Å². The zero-order chi connectivity index (χ0) is 16.3. The standard InChI is InChI=1S/C17H19NO4S/c1-2-15-16(22-12-14-11-21-14)9-6-10-17(15)23(19,20)18-13-7-4-3-5-8-13/h3-10,14,18H,2,11-12H2,1H3. The Morgan fingerprint density at radius 1 is 1.17 bits per heavy atom. The van der Waals surface area contributed by atoms with Crippen LogP contribution in [-0.4, -0.2) is 27.7 Å². The highest BCUT2D eigenvalue weighted by atomic mass is 32.2. The van der Waals surface area contributed by atoms with Gasteiger partial charge in [-0.15, -0.1) is 0 Å². The van der Waals surface area contributed by atoms with E-state index in [2.05, 4.69) is 4.72 Å². The third-order valence-electron chi connectivity index (χ3n) is 3.59. The smallest absolute Gasteiger partial charge is 0.262 e. The molecule has 0 aromatic heterocycles. The van der Waals surface area contributed by atoms with Gasteiger partial charge in [-0.2, -0.15) is 0 Å². The van der Waals surface area contributed by atoms with Gasteiger partial charge in [-0.05, 0) is 30.7 Å². The Morgan fingerprint density at radius 3 is 2.57 bits per heavy atom. The Balaban J connectivity index is 1.89. The third kappa shape index (κ3) is 3.83. The molecule has 2 aromatic rings. The van der Waals surface area contributed by atoms with Gasteiger partial charge in [0.1, 0.15) is 18.5 Å². The van der Waals surface area contributed by atoms with Gasteiger partial charge in [0.05, 0.1) is 11.5 Å². The van der Waals surface area contributed by atoms with Crippen molar-refractivity contribution < 1.29 is 17.9 Å². The first-order chi connectivity index (χ1) is 11.1. The Kier molecular flexibility index (Phi) is 4.54. The van der Waals surface area contributed by atoms with E-state index in [0.717, 1.165) is 0 Å². The number of hydrogen-bond donors (Lipinski definition) is 1. The van der Waals surface area contributed by atoms with E-state index >= 15 is 0 Å². The van der Waals surface area contributed by atoms with Crippen molar-refractivity contribution in [3.8, 4) is 5.75 Å². The van der Waals surface area contributed by atoms with Gasteiger partial charge in [-0.1, -0.05) is 31.2 Å². The molecule has 5 nitrogen and oxygen atoms in total. The van der Waals surface area contributed by atoms with Crippen molar-refractivity contribution in [1.82, 2.24) is 0 Å². The van der Waals surface area contributed by atoms with Crippen molar-refractivity contribution in [2.24, 2.45) is 0 Å². The summed E-state index contributed by atoms with van der Waals surface area (Å²) in [6.07, 6.45) is 0.689. The first kappa shape index (κ1) is 15.8. The van der Waals surface area contributed by atoms with Gasteiger partial charge in [0, 0.05) is 11.3 Å². The van der Waals surface area contributed by atoms with E-state index in [4.69, 9.17) is 9.47 Å². The number of sulfonamides is 1. The van der Waals surface area contributed by atoms with E-state index in [1.807, 2.05) is 13.0 Å². The van der Waals surface area contributed by atoms with Crippen LogP contribution in [0.1, 0.15) is 12.5 Å². The van der Waals surface area contributed by atoms with E-state index in [-0.39, 0.29) is 11.0 Å². The highest BCUT2D eigenvalue weighted by Crippen LogP contribution is 2.29. The molecule has 1 fully saturated rings. The summed E-state index contributed by atoms with van der Waals surface area (Å²) in [7, 11) is -3.66. The molecule has 0 radical (unpaired) electrons. The summed E-state index contributed by atoms with van der Waals surface area (Å²) in [5, 5.41) is 0. The maximum Gasteiger partial charge on any atom is 0.262 e. The molecule has 1 saturated heterocycles. The maximum atomic E-state index is 12.7. The minimum absolute atomic E-state index is 0.127. The molecule has 1 aliphatic heterocycles. The van der Waals surface area contributed by atoms with Crippen LogP contribution in [0.5, 0.6) is 5.75 Å². The van der Waals surface area contributed by atoms with Crippen LogP contribution in [0.3, 0.4) is 0 Å². The second-order valence-corrected chi connectivity index (χ2v) is 6.98. The highest BCUT2D eigenvalue weighted by molar-refractivity contribution is 7.92. The zero-order valence-corrected chi connectivity index (χ0v) is 13.7. The van der Waals surface area contributed by atoms with Gasteiger partial charge >= 0.3 is 0 Å². The lowest BCUT2D eigenvalue weighted by Gasteiger charge is -2.15. The lowest BCUT2D eigenvalue weighted by atomic mass is 10.1. The van der Waals surface area contributed by atoms with Gasteiger partial charge in [0.2, 0.25) is 0 Å². The molecule has 1 unspecified atom stereocenters. The fraction of sp³-hybridized carbons (Fsp3) is 0.294. The van der Waals surface area contributed by atoms with Crippen LogP contribution in [0.2, 0.25) is 0 Å². The van der Waals surface area contributed by atoms with E-state index in [1.54, 1.807) is 42.5 Å². The fourth-order valence-corrected chi connectivity index (χ4v) is 3.73. The summed E-state index contributed by atoms with van der Waals surface area (Å²) < 4.78 is 38.8. The minimum atomic E-state index is -3.66. The van der Waals surface area contributed by atoms with Crippen molar-refractivity contribution in [2.45, 2.75) is 24.3 Å². The molecular formula is C17H19NO4S. The molecule has 0 aliphatic carbocycles. The lowest BCUT2D eigenvalue weighted by molar-refractivity contribution is 0.260. The molecule has 0 saturated carbocycles. The van der Waals surface area contributed by atoms with Gasteiger partial charge in [-0.3, -0.25) is 4.72 Å². The number of para-hydroxylation sites is 1. The Bertz CT molecular complexity index is 770. The summed E-state index contributed by atoms with van der Waals surface area (Å²) in [5.41, 5.74) is 1.21. The van der Waals surface area contributed by atoms with Gasteiger partial charge in [-0.25, -0.2) is 8.42 Å². The van der Waals surface area contributed by atoms with Gasteiger partial charge < -0.3 is 9.47 Å². The van der Waals surface area contributed by atoms with E-state index < -0.39 is 10.0 Å². The van der Waals surface area contributed by atoms with Crippen molar-refractivity contribution in [2.75, 3.05) is 17.9 Å². The quantitative estimate of drug-likeness (QED) is 0.791. The summed E-state index contributed by atoms with van der Waals surface area (Å²) in [6.45, 7) is 3.06. The van der Waals surface area contributed by atoms with Crippen molar-refractivity contribution in [1.29, 1.82) is 0 Å². The molecule has 122 valence electrons. The van der Waals surface area contributed by atoms with Gasteiger partial charge in [0.15, 0.2) is 0 Å². The second-order valence-electron chi connectivity index (χ2n) is 5.32. The van der Waals surface area contributed by atoms with Crippen LogP contribution in [0.15, 0.2) is 53.4 Å². The number of anilines is 1. The molecule has 0 bridgehead atoms. The number of epoxide rings is 1. The number of hydrogen-bond acceptors (Lipinski definition) is 4. The second kappa shape index (κ2) is 6.60. The average molecular weight is 333 g/mol. The molecule has 0 amide bonds. The largest absolute Gasteiger partial charge is 0.490 e. The molecule has 3 rings (SSSR count). The normalized spacial score (nSPS) is 16.8. The summed E-state index contributed by atoms with van der Waals surface area (Å²) in [6, 6.07) is 13.9. The molecule has 6 heteroatoms. The molecule has 2 aromatic carbocycles. The maximum absolute atomic E-state index is 12.7. The summed E-state index contributed by atoms with van der Waals surface area (Å²) >= 11 is 0. The van der Waals surface area contributed by atoms with E-state index in [0.29, 0.717) is 36.6 Å². The van der Waals surface area contributed by atoms with Crippen LogP contribution >= 0.6 is 0 Å². The topological polar surface area (TPSA) is 67.9 Å². The Hall–Kier alpha value is -2.05. The first-order valence-corrected chi connectivity index (χ1v) is 9.02. The molecule has 23 heavy (non-hydrogen) atoms. The minimum Gasteiger partial charge on any atom is -0.490 e. The highest BCUT2D eigenvalue weighted by Gasteiger charge is 2.25. The number of rotatable bonds is 7. The predicted octanol–water partition coefficient (Wildman–Crippen LogP) is 2.83. The monoisotopic (exact) mass is 333 g/mol. The number of benzene rings is 2. The summed E-state index contributed by atoms with van der Waals surface area (Å²) in [5.74, 6) is 0.596.